The molecule has 0 atom stereocenters. The lowest BCUT2D eigenvalue weighted by Crippen LogP contribution is -2.24. The molecule has 1 aliphatic rings. The van der Waals surface area contributed by atoms with Crippen LogP contribution in [0.2, 0.25) is 0 Å². The summed E-state index contributed by atoms with van der Waals surface area (Å²) in [6, 6.07) is 18.5. The first kappa shape index (κ1) is 24.3. The minimum absolute atomic E-state index is 0.00185. The number of hydrogen-bond acceptors (Lipinski definition) is 4. The second-order valence-corrected chi connectivity index (χ2v) is 10.4. The van der Waals surface area contributed by atoms with E-state index in [0.29, 0.717) is 12.1 Å². The van der Waals surface area contributed by atoms with Gasteiger partial charge in [0.15, 0.2) is 5.16 Å². The number of benzene rings is 2. The quantitative estimate of drug-likeness (QED) is 0.207. The molecule has 36 heavy (non-hydrogen) atoms. The van der Waals surface area contributed by atoms with Crippen molar-refractivity contribution >= 4 is 28.7 Å². The summed E-state index contributed by atoms with van der Waals surface area (Å²) >= 11 is 1.71. The minimum Gasteiger partial charge on any atom is -0.352 e. The summed E-state index contributed by atoms with van der Waals surface area (Å²) in [6.07, 6.45) is 11.9. The van der Waals surface area contributed by atoms with Gasteiger partial charge in [-0.1, -0.05) is 65.4 Å². The van der Waals surface area contributed by atoms with Gasteiger partial charge in [-0.05, 0) is 68.4 Å². The van der Waals surface area contributed by atoms with E-state index < -0.39 is 0 Å². The normalized spacial score (nSPS) is 13.5. The fourth-order valence-electron chi connectivity index (χ4n) is 4.56. The molecule has 0 saturated carbocycles. The molecule has 2 aromatic carbocycles. The highest BCUT2D eigenvalue weighted by Gasteiger charge is 2.13. The van der Waals surface area contributed by atoms with E-state index in [1.54, 1.807) is 18.0 Å². The first-order chi connectivity index (χ1) is 17.7. The van der Waals surface area contributed by atoms with Gasteiger partial charge in [0.2, 0.25) is 0 Å². The molecule has 0 saturated heterocycles. The number of aryl methyl sites for hydroxylation is 1. The van der Waals surface area contributed by atoms with E-state index in [1.807, 2.05) is 36.5 Å². The van der Waals surface area contributed by atoms with Crippen LogP contribution >= 0.6 is 11.8 Å². The van der Waals surface area contributed by atoms with Crippen LogP contribution in [-0.4, -0.2) is 27.0 Å². The summed E-state index contributed by atoms with van der Waals surface area (Å²) in [7, 11) is 0. The van der Waals surface area contributed by atoms with Gasteiger partial charge < -0.3 is 9.88 Å². The number of rotatable bonds is 9. The van der Waals surface area contributed by atoms with Crippen molar-refractivity contribution in [2.75, 3.05) is 6.54 Å². The number of aromatic nitrogens is 3. The predicted molar refractivity (Wildman–Crippen MR) is 147 cm³/mol. The predicted octanol–water partition coefficient (Wildman–Crippen LogP) is 6.70. The molecule has 0 bridgehead atoms. The standard InChI is InChI=1S/C30H32N4OS/c1-22-7-9-24(10-8-22)20-34-28-19-31-17-16-27(28)33-30(34)36-21-25-11-13-26(14-12-25)29(35)32-18-15-23-5-3-2-4-6-23/h5,7-14,16-17,19H,2-4,6,15,18,20-21H2,1H3,(H,32,35). The first-order valence-corrected chi connectivity index (χ1v) is 13.7. The first-order valence-electron chi connectivity index (χ1n) is 12.7. The van der Waals surface area contributed by atoms with E-state index in [2.05, 4.69) is 52.1 Å². The number of fused-ring (bicyclic) bond motifs is 1. The fourth-order valence-corrected chi connectivity index (χ4v) is 5.53. The van der Waals surface area contributed by atoms with Crippen LogP contribution in [0.5, 0.6) is 0 Å². The van der Waals surface area contributed by atoms with Crippen LogP contribution in [-0.2, 0) is 12.3 Å². The molecule has 0 unspecified atom stereocenters. The Morgan fingerprint density at radius 3 is 2.61 bits per heavy atom. The highest BCUT2D eigenvalue weighted by molar-refractivity contribution is 7.98. The number of amides is 1. The van der Waals surface area contributed by atoms with Gasteiger partial charge in [-0.2, -0.15) is 0 Å². The van der Waals surface area contributed by atoms with Crippen molar-refractivity contribution in [2.45, 2.75) is 56.5 Å². The summed E-state index contributed by atoms with van der Waals surface area (Å²) in [5, 5.41) is 4.04. The van der Waals surface area contributed by atoms with Crippen molar-refractivity contribution in [3.05, 3.63) is 101 Å². The van der Waals surface area contributed by atoms with Crippen LogP contribution in [0.1, 0.15) is 59.2 Å². The van der Waals surface area contributed by atoms with Crippen molar-refractivity contribution in [3.8, 4) is 0 Å². The average molecular weight is 497 g/mol. The lowest BCUT2D eigenvalue weighted by molar-refractivity contribution is 0.0954. The molecule has 0 radical (unpaired) electrons. The Morgan fingerprint density at radius 2 is 1.83 bits per heavy atom. The van der Waals surface area contributed by atoms with Crippen LogP contribution in [0.3, 0.4) is 0 Å². The second kappa shape index (κ2) is 11.6. The Morgan fingerprint density at radius 1 is 1.03 bits per heavy atom. The number of nitrogens with zero attached hydrogens (tertiary/aromatic N) is 3. The molecular formula is C30H32N4OS. The van der Waals surface area contributed by atoms with Gasteiger partial charge in [0.25, 0.3) is 5.91 Å². The monoisotopic (exact) mass is 496 g/mol. The van der Waals surface area contributed by atoms with Crippen LogP contribution < -0.4 is 5.32 Å². The Labute approximate surface area is 217 Å². The minimum atomic E-state index is -0.00185. The van der Waals surface area contributed by atoms with Crippen molar-refractivity contribution in [2.24, 2.45) is 0 Å². The maximum absolute atomic E-state index is 12.6. The number of thioether (sulfide) groups is 1. The van der Waals surface area contributed by atoms with Crippen molar-refractivity contribution < 1.29 is 4.79 Å². The van der Waals surface area contributed by atoms with Crippen LogP contribution in [0, 0.1) is 6.92 Å². The van der Waals surface area contributed by atoms with Gasteiger partial charge in [-0.25, -0.2) is 4.98 Å². The Hall–Kier alpha value is -3.38. The van der Waals surface area contributed by atoms with E-state index in [0.717, 1.165) is 40.5 Å². The zero-order chi connectivity index (χ0) is 24.7. The third-order valence-corrected chi connectivity index (χ3v) is 7.73. The number of carbonyl (C=O) groups excluding carboxylic acids is 1. The maximum atomic E-state index is 12.6. The summed E-state index contributed by atoms with van der Waals surface area (Å²) in [4.78, 5) is 21.8. The van der Waals surface area contributed by atoms with Gasteiger partial charge in [-0.3, -0.25) is 9.78 Å². The number of nitrogens with one attached hydrogen (secondary N) is 1. The smallest absolute Gasteiger partial charge is 0.251 e. The summed E-state index contributed by atoms with van der Waals surface area (Å²) < 4.78 is 2.24. The maximum Gasteiger partial charge on any atom is 0.251 e. The summed E-state index contributed by atoms with van der Waals surface area (Å²) in [5.74, 6) is 0.777. The van der Waals surface area contributed by atoms with Crippen LogP contribution in [0.15, 0.2) is 83.8 Å². The topological polar surface area (TPSA) is 59.8 Å². The summed E-state index contributed by atoms with van der Waals surface area (Å²) in [5.41, 5.74) is 7.84. The van der Waals surface area contributed by atoms with E-state index in [4.69, 9.17) is 4.98 Å². The van der Waals surface area contributed by atoms with E-state index >= 15 is 0 Å². The largest absolute Gasteiger partial charge is 0.352 e. The molecule has 184 valence electrons. The lowest BCUT2D eigenvalue weighted by atomic mass is 9.97. The highest BCUT2D eigenvalue weighted by Crippen LogP contribution is 2.27. The van der Waals surface area contributed by atoms with E-state index in [-0.39, 0.29) is 5.91 Å². The highest BCUT2D eigenvalue weighted by atomic mass is 32.2. The Kier molecular flexibility index (Phi) is 7.82. The summed E-state index contributed by atoms with van der Waals surface area (Å²) in [6.45, 7) is 3.56. The molecule has 1 amide bonds. The van der Waals surface area contributed by atoms with Gasteiger partial charge in [0.05, 0.1) is 23.8 Å². The molecule has 0 fully saturated rings. The third-order valence-electron chi connectivity index (χ3n) is 6.68. The van der Waals surface area contributed by atoms with Gasteiger partial charge >= 0.3 is 0 Å². The Balaban J connectivity index is 1.22. The van der Waals surface area contributed by atoms with Crippen LogP contribution in [0.25, 0.3) is 11.0 Å². The molecule has 1 aliphatic carbocycles. The van der Waals surface area contributed by atoms with Crippen molar-refractivity contribution in [3.63, 3.8) is 0 Å². The average Bonchev–Trinajstić information content (AvgIpc) is 3.27. The molecule has 2 aromatic heterocycles. The second-order valence-electron chi connectivity index (χ2n) is 9.43. The van der Waals surface area contributed by atoms with Crippen molar-refractivity contribution in [1.82, 2.24) is 19.9 Å². The molecule has 1 N–H and O–H groups in total. The number of imidazole rings is 1. The van der Waals surface area contributed by atoms with E-state index in [9.17, 15) is 4.79 Å². The molecule has 4 aromatic rings. The molecule has 0 aliphatic heterocycles. The molecular weight excluding hydrogens is 464 g/mol. The number of hydrogen-bond donors (Lipinski definition) is 1. The zero-order valence-corrected chi connectivity index (χ0v) is 21.6. The third kappa shape index (κ3) is 6.05. The Bertz CT molecular complexity index is 1360. The van der Waals surface area contributed by atoms with Gasteiger partial charge in [-0.15, -0.1) is 0 Å². The molecule has 2 heterocycles. The molecule has 5 rings (SSSR count). The lowest BCUT2D eigenvalue weighted by Gasteiger charge is -2.13. The van der Waals surface area contributed by atoms with Gasteiger partial charge in [0, 0.05) is 24.1 Å². The van der Waals surface area contributed by atoms with Crippen LogP contribution in [0.4, 0.5) is 0 Å². The fraction of sp³-hybridized carbons (Fsp3) is 0.300. The SMILES string of the molecule is Cc1ccc(Cn2c(SCc3ccc(C(=O)NCCC4=CCCCC4)cc3)nc3ccncc32)cc1. The zero-order valence-electron chi connectivity index (χ0n) is 20.7. The number of pyridine rings is 1. The van der Waals surface area contributed by atoms with Gasteiger partial charge in [0.1, 0.15) is 0 Å². The van der Waals surface area contributed by atoms with E-state index in [1.165, 1.54) is 42.4 Å². The molecule has 5 nitrogen and oxygen atoms in total. The molecule has 6 heteroatoms. The van der Waals surface area contributed by atoms with Crippen molar-refractivity contribution in [1.29, 1.82) is 0 Å². The number of allylic oxidation sites excluding steroid dienone is 1. The molecule has 0 spiro atoms. The number of carbonyl (C=O) groups is 1.